The van der Waals surface area contributed by atoms with Gasteiger partial charge in [-0.25, -0.2) is 4.68 Å². The molecule has 1 heterocycles. The molecule has 0 aliphatic carbocycles. The Morgan fingerprint density at radius 1 is 1.00 bits per heavy atom. The van der Waals surface area contributed by atoms with Crippen molar-refractivity contribution in [1.29, 1.82) is 0 Å². The van der Waals surface area contributed by atoms with Crippen molar-refractivity contribution in [2.24, 2.45) is 0 Å². The van der Waals surface area contributed by atoms with E-state index in [1.54, 1.807) is 50.4 Å². The van der Waals surface area contributed by atoms with Gasteiger partial charge in [-0.3, -0.25) is 4.79 Å². The first-order valence-corrected chi connectivity index (χ1v) is 9.90. The van der Waals surface area contributed by atoms with Crippen LogP contribution < -0.4 is 14.8 Å². The number of rotatable bonds is 11. The molecule has 8 heteroatoms. The number of nitrogens with zero attached hydrogens (tertiary/aromatic N) is 2. The molecule has 0 saturated heterocycles. The van der Waals surface area contributed by atoms with Crippen LogP contribution in [0.5, 0.6) is 11.5 Å². The molecule has 0 atom stereocenters. The van der Waals surface area contributed by atoms with Crippen molar-refractivity contribution < 1.29 is 23.7 Å². The number of ether oxygens (including phenoxy) is 4. The van der Waals surface area contributed by atoms with Gasteiger partial charge in [0.05, 0.1) is 45.3 Å². The second kappa shape index (κ2) is 11.1. The minimum absolute atomic E-state index is 0.252. The Balaban J connectivity index is 1.92. The van der Waals surface area contributed by atoms with E-state index in [-0.39, 0.29) is 5.91 Å². The summed E-state index contributed by atoms with van der Waals surface area (Å²) in [7, 11) is 4.78. The Kier molecular flexibility index (Phi) is 8.03. The van der Waals surface area contributed by atoms with Crippen LogP contribution in [0, 0.1) is 0 Å². The highest BCUT2D eigenvalue weighted by molar-refractivity contribution is 6.00. The van der Waals surface area contributed by atoms with E-state index >= 15 is 0 Å². The molecule has 0 radical (unpaired) electrons. The third-order valence-corrected chi connectivity index (χ3v) is 4.61. The van der Waals surface area contributed by atoms with Gasteiger partial charge in [0.1, 0.15) is 17.2 Å². The van der Waals surface area contributed by atoms with Gasteiger partial charge in [0, 0.05) is 25.4 Å². The molecule has 0 aliphatic heterocycles. The highest BCUT2D eigenvalue weighted by atomic mass is 16.5. The van der Waals surface area contributed by atoms with Gasteiger partial charge in [-0.05, 0) is 30.3 Å². The zero-order valence-electron chi connectivity index (χ0n) is 18.0. The molecule has 1 N–H and O–H groups in total. The van der Waals surface area contributed by atoms with E-state index in [0.717, 1.165) is 5.69 Å². The fraction of sp³-hybridized carbons (Fsp3) is 0.304. The van der Waals surface area contributed by atoms with Crippen LogP contribution >= 0.6 is 0 Å². The number of para-hydroxylation sites is 1. The number of amides is 1. The summed E-state index contributed by atoms with van der Waals surface area (Å²) >= 11 is 0. The summed E-state index contributed by atoms with van der Waals surface area (Å²) in [6.07, 6.45) is 1.71. The maximum atomic E-state index is 13.0. The Bertz CT molecular complexity index is 988. The van der Waals surface area contributed by atoms with Gasteiger partial charge in [0.15, 0.2) is 0 Å². The topological polar surface area (TPSA) is 83.8 Å². The molecule has 0 unspecified atom stereocenters. The SMILES string of the molecule is COCCOCCNC(=O)c1cn(-c2ccccc2)nc1-c1cc(OC)ccc1OC. The summed E-state index contributed by atoms with van der Waals surface area (Å²) in [6, 6.07) is 15.0. The zero-order chi connectivity index (χ0) is 22.1. The summed E-state index contributed by atoms with van der Waals surface area (Å²) in [5, 5.41) is 7.58. The van der Waals surface area contributed by atoms with Crippen molar-refractivity contribution in [1.82, 2.24) is 15.1 Å². The lowest BCUT2D eigenvalue weighted by Gasteiger charge is -2.10. The molecule has 1 amide bonds. The van der Waals surface area contributed by atoms with E-state index in [2.05, 4.69) is 5.32 Å². The number of carbonyl (C=O) groups is 1. The average molecular weight is 425 g/mol. The highest BCUT2D eigenvalue weighted by Crippen LogP contribution is 2.35. The Labute approximate surface area is 181 Å². The van der Waals surface area contributed by atoms with Crippen LogP contribution in [-0.4, -0.2) is 63.4 Å². The number of hydrogen-bond donors (Lipinski definition) is 1. The van der Waals surface area contributed by atoms with Crippen molar-refractivity contribution in [3.05, 3.63) is 60.3 Å². The summed E-state index contributed by atoms with van der Waals surface area (Å²) in [5.74, 6) is 0.983. The number of hydrogen-bond acceptors (Lipinski definition) is 6. The standard InChI is InChI=1S/C23H27N3O5/c1-28-13-14-31-12-11-24-23(27)20-16-26(17-7-5-4-6-8-17)25-22(20)19-15-18(29-2)9-10-21(19)30-3/h4-10,15-16H,11-14H2,1-3H3,(H,24,27). The predicted octanol–water partition coefficient (Wildman–Crippen LogP) is 2.95. The number of benzene rings is 2. The van der Waals surface area contributed by atoms with Crippen molar-refractivity contribution in [3.63, 3.8) is 0 Å². The van der Waals surface area contributed by atoms with Crippen LogP contribution in [0.2, 0.25) is 0 Å². The van der Waals surface area contributed by atoms with Crippen molar-refractivity contribution in [2.75, 3.05) is 47.7 Å². The monoisotopic (exact) mass is 425 g/mol. The smallest absolute Gasteiger partial charge is 0.255 e. The fourth-order valence-corrected chi connectivity index (χ4v) is 3.03. The molecular weight excluding hydrogens is 398 g/mol. The van der Waals surface area contributed by atoms with Gasteiger partial charge in [0.25, 0.3) is 5.91 Å². The van der Waals surface area contributed by atoms with Gasteiger partial charge < -0.3 is 24.3 Å². The minimum Gasteiger partial charge on any atom is -0.497 e. The Morgan fingerprint density at radius 3 is 2.52 bits per heavy atom. The van der Waals surface area contributed by atoms with E-state index in [1.165, 1.54) is 0 Å². The highest BCUT2D eigenvalue weighted by Gasteiger charge is 2.21. The van der Waals surface area contributed by atoms with Crippen molar-refractivity contribution in [3.8, 4) is 28.4 Å². The largest absolute Gasteiger partial charge is 0.497 e. The molecule has 1 aromatic heterocycles. The lowest BCUT2D eigenvalue weighted by atomic mass is 10.1. The molecule has 164 valence electrons. The number of nitrogens with one attached hydrogen (secondary N) is 1. The Hall–Kier alpha value is -3.36. The molecule has 0 bridgehead atoms. The van der Waals surface area contributed by atoms with E-state index in [0.29, 0.717) is 54.7 Å². The van der Waals surface area contributed by atoms with Crippen LogP contribution in [0.1, 0.15) is 10.4 Å². The van der Waals surface area contributed by atoms with Crippen LogP contribution in [0.15, 0.2) is 54.7 Å². The quantitative estimate of drug-likeness (QED) is 0.476. The molecule has 31 heavy (non-hydrogen) atoms. The molecule has 3 rings (SSSR count). The predicted molar refractivity (Wildman–Crippen MR) is 117 cm³/mol. The lowest BCUT2D eigenvalue weighted by molar-refractivity contribution is 0.0693. The molecule has 0 fully saturated rings. The van der Waals surface area contributed by atoms with Gasteiger partial charge in [-0.1, -0.05) is 18.2 Å². The summed E-state index contributed by atoms with van der Waals surface area (Å²) in [6.45, 7) is 1.75. The van der Waals surface area contributed by atoms with Gasteiger partial charge in [0.2, 0.25) is 0 Å². The second-order valence-electron chi connectivity index (χ2n) is 6.60. The van der Waals surface area contributed by atoms with Gasteiger partial charge >= 0.3 is 0 Å². The number of methoxy groups -OCH3 is 3. The lowest BCUT2D eigenvalue weighted by Crippen LogP contribution is -2.27. The van der Waals surface area contributed by atoms with E-state index < -0.39 is 0 Å². The van der Waals surface area contributed by atoms with E-state index in [1.807, 2.05) is 30.3 Å². The normalized spacial score (nSPS) is 10.7. The van der Waals surface area contributed by atoms with Crippen LogP contribution in [0.3, 0.4) is 0 Å². The van der Waals surface area contributed by atoms with Crippen LogP contribution in [0.25, 0.3) is 16.9 Å². The van der Waals surface area contributed by atoms with E-state index in [4.69, 9.17) is 24.0 Å². The first kappa shape index (κ1) is 22.3. The van der Waals surface area contributed by atoms with E-state index in [9.17, 15) is 4.79 Å². The van der Waals surface area contributed by atoms with Crippen molar-refractivity contribution in [2.45, 2.75) is 0 Å². The third-order valence-electron chi connectivity index (χ3n) is 4.61. The summed E-state index contributed by atoms with van der Waals surface area (Å²) in [4.78, 5) is 13.0. The minimum atomic E-state index is -0.252. The van der Waals surface area contributed by atoms with Crippen LogP contribution in [-0.2, 0) is 9.47 Å². The fourth-order valence-electron chi connectivity index (χ4n) is 3.03. The average Bonchev–Trinajstić information content (AvgIpc) is 3.27. The molecule has 0 spiro atoms. The molecule has 2 aromatic carbocycles. The molecule has 8 nitrogen and oxygen atoms in total. The third kappa shape index (κ3) is 5.62. The van der Waals surface area contributed by atoms with Crippen LogP contribution in [0.4, 0.5) is 0 Å². The second-order valence-corrected chi connectivity index (χ2v) is 6.60. The number of aromatic nitrogens is 2. The number of carbonyl (C=O) groups excluding carboxylic acids is 1. The molecule has 3 aromatic rings. The molecular formula is C23H27N3O5. The van der Waals surface area contributed by atoms with Crippen molar-refractivity contribution >= 4 is 5.91 Å². The van der Waals surface area contributed by atoms with Gasteiger partial charge in [-0.2, -0.15) is 5.10 Å². The zero-order valence-corrected chi connectivity index (χ0v) is 18.0. The van der Waals surface area contributed by atoms with Gasteiger partial charge in [-0.15, -0.1) is 0 Å². The first-order chi connectivity index (χ1) is 15.2. The molecule has 0 saturated carbocycles. The maximum Gasteiger partial charge on any atom is 0.255 e. The maximum absolute atomic E-state index is 13.0. The molecule has 0 aliphatic rings. The summed E-state index contributed by atoms with van der Waals surface area (Å²) in [5.41, 5.74) is 2.43. The first-order valence-electron chi connectivity index (χ1n) is 9.90. The Morgan fingerprint density at radius 2 is 1.81 bits per heavy atom. The summed E-state index contributed by atoms with van der Waals surface area (Å²) < 4.78 is 22.9.